The van der Waals surface area contributed by atoms with Gasteiger partial charge in [-0.15, -0.1) is 0 Å². The maximum absolute atomic E-state index is 12.6. The number of aromatic nitrogens is 2. The Kier molecular flexibility index (Phi) is 6.53. The number of hydrogen-bond donors (Lipinski definition) is 1. The van der Waals surface area contributed by atoms with Crippen molar-refractivity contribution in [1.29, 1.82) is 5.26 Å². The Morgan fingerprint density at radius 1 is 1.24 bits per heavy atom. The van der Waals surface area contributed by atoms with Crippen LogP contribution in [0.4, 0.5) is 5.69 Å². The van der Waals surface area contributed by atoms with Crippen molar-refractivity contribution in [2.45, 2.75) is 20.4 Å². The van der Waals surface area contributed by atoms with Gasteiger partial charge in [-0.2, -0.15) is 10.4 Å². The van der Waals surface area contributed by atoms with Gasteiger partial charge in [0.05, 0.1) is 17.9 Å². The van der Waals surface area contributed by atoms with Crippen LogP contribution in [0.15, 0.2) is 58.6 Å². The van der Waals surface area contributed by atoms with Crippen molar-refractivity contribution in [2.24, 2.45) is 0 Å². The molecule has 0 fully saturated rings. The van der Waals surface area contributed by atoms with E-state index in [1.807, 2.05) is 67.1 Å². The molecule has 0 aliphatic rings. The first-order chi connectivity index (χ1) is 13.9. The summed E-state index contributed by atoms with van der Waals surface area (Å²) in [5.41, 5.74) is 3.88. The lowest BCUT2D eigenvalue weighted by Crippen LogP contribution is -2.13. The number of rotatable bonds is 5. The van der Waals surface area contributed by atoms with Crippen LogP contribution in [0.1, 0.15) is 22.5 Å². The van der Waals surface area contributed by atoms with Crippen molar-refractivity contribution in [3.63, 3.8) is 0 Å². The molecular formula is C22H18BrClN4O. The van der Waals surface area contributed by atoms with Crippen LogP contribution in [0.3, 0.4) is 0 Å². The van der Waals surface area contributed by atoms with Crippen LogP contribution < -0.4 is 5.32 Å². The van der Waals surface area contributed by atoms with Crippen molar-refractivity contribution in [3.8, 4) is 6.07 Å². The summed E-state index contributed by atoms with van der Waals surface area (Å²) < 4.78 is 2.56. The van der Waals surface area contributed by atoms with Gasteiger partial charge in [0, 0.05) is 20.8 Å². The molecular weight excluding hydrogens is 452 g/mol. The minimum absolute atomic E-state index is 0.00393. The van der Waals surface area contributed by atoms with Crippen LogP contribution in [-0.4, -0.2) is 15.7 Å². The summed E-state index contributed by atoms with van der Waals surface area (Å²) in [5.74, 6) is -0.475. The maximum atomic E-state index is 12.6. The highest BCUT2D eigenvalue weighted by Gasteiger charge is 2.16. The summed E-state index contributed by atoms with van der Waals surface area (Å²) >= 11 is 9.64. The molecule has 0 saturated heterocycles. The molecule has 1 amide bonds. The molecule has 0 saturated carbocycles. The number of nitriles is 1. The van der Waals surface area contributed by atoms with Gasteiger partial charge >= 0.3 is 0 Å². The van der Waals surface area contributed by atoms with Gasteiger partial charge in [-0.1, -0.05) is 41.9 Å². The third kappa shape index (κ3) is 4.76. The lowest BCUT2D eigenvalue weighted by Gasteiger charge is -2.07. The summed E-state index contributed by atoms with van der Waals surface area (Å²) in [4.78, 5) is 12.6. The summed E-state index contributed by atoms with van der Waals surface area (Å²) in [7, 11) is 0. The van der Waals surface area contributed by atoms with E-state index in [4.69, 9.17) is 11.6 Å². The Balaban J connectivity index is 1.89. The van der Waals surface area contributed by atoms with Crippen molar-refractivity contribution >= 4 is 45.2 Å². The maximum Gasteiger partial charge on any atom is 0.266 e. The molecule has 0 aliphatic heterocycles. The van der Waals surface area contributed by atoms with E-state index in [1.165, 1.54) is 0 Å². The Hall–Kier alpha value is -2.88. The first-order valence-corrected chi connectivity index (χ1v) is 10.0. The molecule has 5 nitrogen and oxygen atoms in total. The van der Waals surface area contributed by atoms with Crippen molar-refractivity contribution < 1.29 is 4.79 Å². The lowest BCUT2D eigenvalue weighted by atomic mass is 10.1. The number of hydrogen-bond acceptors (Lipinski definition) is 3. The van der Waals surface area contributed by atoms with Crippen molar-refractivity contribution in [3.05, 3.63) is 86.1 Å². The molecule has 0 unspecified atom stereocenters. The van der Waals surface area contributed by atoms with Crippen LogP contribution in [0.5, 0.6) is 0 Å². The number of anilines is 1. The molecule has 0 aliphatic carbocycles. The fourth-order valence-electron chi connectivity index (χ4n) is 2.91. The number of para-hydroxylation sites is 1. The van der Waals surface area contributed by atoms with Crippen LogP contribution in [0.2, 0.25) is 5.02 Å². The molecule has 2 aromatic carbocycles. The zero-order valence-electron chi connectivity index (χ0n) is 15.9. The molecule has 1 heterocycles. The molecule has 0 bridgehead atoms. The first-order valence-electron chi connectivity index (χ1n) is 8.85. The van der Waals surface area contributed by atoms with Gasteiger partial charge in [0.2, 0.25) is 0 Å². The van der Waals surface area contributed by atoms with E-state index in [0.717, 1.165) is 27.0 Å². The molecule has 0 atom stereocenters. The van der Waals surface area contributed by atoms with Crippen LogP contribution >= 0.6 is 27.5 Å². The van der Waals surface area contributed by atoms with E-state index in [-0.39, 0.29) is 5.57 Å². The smallest absolute Gasteiger partial charge is 0.266 e. The molecule has 1 aromatic heterocycles. The number of amides is 1. The average Bonchev–Trinajstić information content (AvgIpc) is 2.96. The monoisotopic (exact) mass is 468 g/mol. The second kappa shape index (κ2) is 9.08. The van der Waals surface area contributed by atoms with Gasteiger partial charge in [0.25, 0.3) is 5.91 Å². The summed E-state index contributed by atoms with van der Waals surface area (Å²) in [5, 5.41) is 17.5. The Morgan fingerprint density at radius 3 is 2.62 bits per heavy atom. The molecule has 1 N–H and O–H groups in total. The van der Waals surface area contributed by atoms with Crippen LogP contribution in [-0.2, 0) is 11.3 Å². The van der Waals surface area contributed by atoms with Crippen molar-refractivity contribution in [1.82, 2.24) is 9.78 Å². The highest BCUT2D eigenvalue weighted by Crippen LogP contribution is 2.24. The first kappa shape index (κ1) is 20.8. The molecule has 3 aromatic rings. The standard InChI is InChI=1S/C22H18BrClN4O/c1-14-18(15(2)28(27-14)13-16-7-3-5-9-20(16)24)11-17(12-25)22(29)26-21-10-6-4-8-19(21)23/h3-11H,13H2,1-2H3,(H,26,29)/b17-11+. The topological polar surface area (TPSA) is 70.7 Å². The van der Waals surface area contributed by atoms with Gasteiger partial charge in [0.1, 0.15) is 11.6 Å². The van der Waals surface area contributed by atoms with Gasteiger partial charge in [-0.05, 0) is 59.6 Å². The van der Waals surface area contributed by atoms with Gasteiger partial charge in [-0.25, -0.2) is 0 Å². The fraction of sp³-hybridized carbons (Fsp3) is 0.136. The Morgan fingerprint density at radius 2 is 1.93 bits per heavy atom. The molecule has 0 spiro atoms. The van der Waals surface area contributed by atoms with Crippen LogP contribution in [0, 0.1) is 25.2 Å². The molecule has 29 heavy (non-hydrogen) atoms. The predicted octanol–water partition coefficient (Wildman–Crippen LogP) is 5.51. The van der Waals surface area contributed by atoms with E-state index in [2.05, 4.69) is 26.3 Å². The molecule has 7 heteroatoms. The quantitative estimate of drug-likeness (QED) is 0.396. The molecule has 146 valence electrons. The van der Waals surface area contributed by atoms with Gasteiger partial charge in [0.15, 0.2) is 0 Å². The molecule has 0 radical (unpaired) electrons. The normalized spacial score (nSPS) is 11.2. The summed E-state index contributed by atoms with van der Waals surface area (Å²) in [6.45, 7) is 4.26. The fourth-order valence-corrected chi connectivity index (χ4v) is 3.49. The Labute approximate surface area is 182 Å². The number of nitrogens with one attached hydrogen (secondary N) is 1. The average molecular weight is 470 g/mol. The largest absolute Gasteiger partial charge is 0.320 e. The zero-order chi connectivity index (χ0) is 21.0. The SMILES string of the molecule is Cc1nn(Cc2ccccc2Cl)c(C)c1/C=C(\C#N)C(=O)Nc1ccccc1Br. The Bertz CT molecular complexity index is 1140. The third-order valence-electron chi connectivity index (χ3n) is 4.49. The summed E-state index contributed by atoms with van der Waals surface area (Å²) in [6.07, 6.45) is 1.58. The summed E-state index contributed by atoms with van der Waals surface area (Å²) in [6, 6.07) is 16.8. The highest BCUT2D eigenvalue weighted by atomic mass is 79.9. The minimum atomic E-state index is -0.475. The number of nitrogens with zero attached hydrogens (tertiary/aromatic N) is 3. The van der Waals surface area contributed by atoms with Crippen molar-refractivity contribution in [2.75, 3.05) is 5.32 Å². The second-order valence-corrected chi connectivity index (χ2v) is 7.70. The highest BCUT2D eigenvalue weighted by molar-refractivity contribution is 9.10. The van der Waals surface area contributed by atoms with E-state index in [9.17, 15) is 10.1 Å². The van der Waals surface area contributed by atoms with Gasteiger partial charge < -0.3 is 5.32 Å². The number of carbonyl (C=O) groups excluding carboxylic acids is 1. The third-order valence-corrected chi connectivity index (χ3v) is 5.55. The number of aryl methyl sites for hydroxylation is 1. The van der Waals surface area contributed by atoms with E-state index < -0.39 is 5.91 Å². The van der Waals surface area contributed by atoms with E-state index in [0.29, 0.717) is 17.3 Å². The van der Waals surface area contributed by atoms with E-state index >= 15 is 0 Å². The lowest BCUT2D eigenvalue weighted by molar-refractivity contribution is -0.112. The van der Waals surface area contributed by atoms with Gasteiger partial charge in [-0.3, -0.25) is 9.48 Å². The zero-order valence-corrected chi connectivity index (χ0v) is 18.3. The minimum Gasteiger partial charge on any atom is -0.320 e. The number of carbonyl (C=O) groups is 1. The number of benzene rings is 2. The number of halogens is 2. The van der Waals surface area contributed by atoms with E-state index in [1.54, 1.807) is 12.1 Å². The van der Waals surface area contributed by atoms with Crippen LogP contribution in [0.25, 0.3) is 6.08 Å². The predicted molar refractivity (Wildman–Crippen MR) is 119 cm³/mol. The molecule has 3 rings (SSSR count). The second-order valence-electron chi connectivity index (χ2n) is 6.44.